The highest BCUT2D eigenvalue weighted by molar-refractivity contribution is 7.88. The van der Waals surface area contributed by atoms with Crippen LogP contribution in [-0.2, 0) is 14.8 Å². The summed E-state index contributed by atoms with van der Waals surface area (Å²) in [7, 11) is -2.18. The standard InChI is InChI=1S/C11H15N3O5S/c1-8-9(5-4-6-10(8)14(16)17)12-11(15)7-13(2)20(3,18)19/h4-6H,7H2,1-3H3,(H,12,15). The lowest BCUT2D eigenvalue weighted by Gasteiger charge is -2.14. The lowest BCUT2D eigenvalue weighted by atomic mass is 10.1. The zero-order valence-electron chi connectivity index (χ0n) is 11.3. The molecule has 1 N–H and O–H groups in total. The van der Waals surface area contributed by atoms with Crippen LogP contribution in [0.4, 0.5) is 11.4 Å². The summed E-state index contributed by atoms with van der Waals surface area (Å²) in [5.41, 5.74) is 0.484. The van der Waals surface area contributed by atoms with E-state index in [0.29, 0.717) is 5.56 Å². The lowest BCUT2D eigenvalue weighted by Crippen LogP contribution is -2.34. The maximum Gasteiger partial charge on any atom is 0.274 e. The van der Waals surface area contributed by atoms with E-state index in [9.17, 15) is 23.3 Å². The molecule has 0 saturated carbocycles. The van der Waals surface area contributed by atoms with E-state index < -0.39 is 20.9 Å². The minimum absolute atomic E-state index is 0.112. The fraction of sp³-hybridized carbons (Fsp3) is 0.364. The van der Waals surface area contributed by atoms with E-state index in [1.54, 1.807) is 0 Å². The SMILES string of the molecule is Cc1c(NC(=O)CN(C)S(C)(=O)=O)cccc1[N+](=O)[O-]. The third-order valence-electron chi connectivity index (χ3n) is 2.71. The van der Waals surface area contributed by atoms with Crippen molar-refractivity contribution in [2.75, 3.05) is 25.2 Å². The van der Waals surface area contributed by atoms with Gasteiger partial charge in [-0.1, -0.05) is 6.07 Å². The molecule has 110 valence electrons. The van der Waals surface area contributed by atoms with E-state index >= 15 is 0 Å². The average molecular weight is 301 g/mol. The van der Waals surface area contributed by atoms with Gasteiger partial charge in [0, 0.05) is 13.1 Å². The van der Waals surface area contributed by atoms with Crippen LogP contribution in [0.2, 0.25) is 0 Å². The summed E-state index contributed by atoms with van der Waals surface area (Å²) in [6.45, 7) is 1.15. The van der Waals surface area contributed by atoms with Crippen LogP contribution in [0.25, 0.3) is 0 Å². The van der Waals surface area contributed by atoms with Gasteiger partial charge in [-0.05, 0) is 13.0 Å². The Balaban J connectivity index is 2.87. The van der Waals surface area contributed by atoms with Gasteiger partial charge in [0.1, 0.15) is 0 Å². The number of nitrogens with zero attached hydrogens (tertiary/aromatic N) is 2. The van der Waals surface area contributed by atoms with Crippen molar-refractivity contribution in [1.29, 1.82) is 0 Å². The van der Waals surface area contributed by atoms with Crippen molar-refractivity contribution in [2.45, 2.75) is 6.92 Å². The number of nitro groups is 1. The average Bonchev–Trinajstić information content (AvgIpc) is 2.30. The molecule has 0 aliphatic rings. The lowest BCUT2D eigenvalue weighted by molar-refractivity contribution is -0.385. The summed E-state index contributed by atoms with van der Waals surface area (Å²) in [5, 5.41) is 13.2. The molecule has 1 aromatic rings. The summed E-state index contributed by atoms with van der Waals surface area (Å²) >= 11 is 0. The third kappa shape index (κ3) is 4.00. The maximum atomic E-state index is 11.7. The number of nitrogens with one attached hydrogen (secondary N) is 1. The fourth-order valence-electron chi connectivity index (χ4n) is 1.47. The van der Waals surface area contributed by atoms with Gasteiger partial charge in [-0.25, -0.2) is 8.42 Å². The van der Waals surface area contributed by atoms with E-state index in [4.69, 9.17) is 0 Å². The number of carbonyl (C=O) groups is 1. The summed E-state index contributed by atoms with van der Waals surface area (Å²) < 4.78 is 23.3. The maximum absolute atomic E-state index is 11.7. The first-order valence-electron chi connectivity index (χ1n) is 5.58. The number of hydrogen-bond acceptors (Lipinski definition) is 5. The summed E-state index contributed by atoms with van der Waals surface area (Å²) in [4.78, 5) is 21.9. The van der Waals surface area contributed by atoms with Gasteiger partial charge >= 0.3 is 0 Å². The Bertz CT molecular complexity index is 641. The van der Waals surface area contributed by atoms with Crippen LogP contribution in [-0.4, -0.2) is 43.4 Å². The largest absolute Gasteiger partial charge is 0.324 e. The minimum Gasteiger partial charge on any atom is -0.324 e. The number of amides is 1. The van der Waals surface area contributed by atoms with Crippen molar-refractivity contribution in [3.05, 3.63) is 33.9 Å². The van der Waals surface area contributed by atoms with Gasteiger partial charge in [-0.3, -0.25) is 14.9 Å². The van der Waals surface area contributed by atoms with Gasteiger partial charge < -0.3 is 5.32 Å². The van der Waals surface area contributed by atoms with Crippen LogP contribution in [0.5, 0.6) is 0 Å². The number of sulfonamides is 1. The molecule has 1 rings (SSSR count). The molecule has 9 heteroatoms. The van der Waals surface area contributed by atoms with E-state index in [1.807, 2.05) is 0 Å². The Hall–Kier alpha value is -2.00. The van der Waals surface area contributed by atoms with E-state index in [1.165, 1.54) is 32.2 Å². The number of carbonyl (C=O) groups excluding carboxylic acids is 1. The smallest absolute Gasteiger partial charge is 0.274 e. The molecule has 0 heterocycles. The summed E-state index contributed by atoms with van der Waals surface area (Å²) in [6.07, 6.45) is 0.985. The second kappa shape index (κ2) is 5.97. The minimum atomic E-state index is -3.46. The zero-order valence-corrected chi connectivity index (χ0v) is 12.1. The zero-order chi connectivity index (χ0) is 15.5. The van der Waals surface area contributed by atoms with Crippen LogP contribution < -0.4 is 5.32 Å². The van der Waals surface area contributed by atoms with E-state index in [2.05, 4.69) is 5.32 Å². The predicted molar refractivity (Wildman–Crippen MR) is 73.9 cm³/mol. The van der Waals surface area contributed by atoms with Crippen LogP contribution in [0.15, 0.2) is 18.2 Å². The van der Waals surface area contributed by atoms with Crippen LogP contribution >= 0.6 is 0 Å². The van der Waals surface area contributed by atoms with Gasteiger partial charge in [0.2, 0.25) is 15.9 Å². The first kappa shape index (κ1) is 16.1. The topological polar surface area (TPSA) is 110 Å². The first-order valence-corrected chi connectivity index (χ1v) is 7.43. The van der Waals surface area contributed by atoms with Gasteiger partial charge in [-0.15, -0.1) is 0 Å². The Morgan fingerprint density at radius 2 is 2.05 bits per heavy atom. The number of nitro benzene ring substituents is 1. The molecular weight excluding hydrogens is 286 g/mol. The molecule has 0 bridgehead atoms. The van der Waals surface area contributed by atoms with Gasteiger partial charge in [-0.2, -0.15) is 4.31 Å². The highest BCUT2D eigenvalue weighted by atomic mass is 32.2. The Kier molecular flexibility index (Phi) is 4.79. The molecule has 0 unspecified atom stereocenters. The number of hydrogen-bond donors (Lipinski definition) is 1. The Morgan fingerprint density at radius 3 is 2.55 bits per heavy atom. The quantitative estimate of drug-likeness (QED) is 0.637. The monoisotopic (exact) mass is 301 g/mol. The molecule has 0 aromatic heterocycles. The molecule has 0 aliphatic carbocycles. The summed E-state index contributed by atoms with van der Waals surface area (Å²) in [5.74, 6) is -0.568. The highest BCUT2D eigenvalue weighted by Crippen LogP contribution is 2.24. The van der Waals surface area contributed by atoms with Crippen LogP contribution in [0.1, 0.15) is 5.56 Å². The molecule has 1 amide bonds. The Morgan fingerprint density at radius 1 is 1.45 bits per heavy atom. The molecule has 1 aromatic carbocycles. The predicted octanol–water partition coefficient (Wildman–Crippen LogP) is 0.733. The molecule has 0 atom stereocenters. The molecule has 0 saturated heterocycles. The molecule has 0 spiro atoms. The summed E-state index contributed by atoms with van der Waals surface area (Å²) in [6, 6.07) is 4.29. The van der Waals surface area contributed by atoms with Crippen molar-refractivity contribution in [3.8, 4) is 0 Å². The molecule has 0 aliphatic heterocycles. The number of benzene rings is 1. The molecule has 20 heavy (non-hydrogen) atoms. The van der Waals surface area contributed by atoms with Crippen molar-refractivity contribution < 1.29 is 18.1 Å². The molecule has 0 fully saturated rings. The van der Waals surface area contributed by atoms with Gasteiger partial charge in [0.05, 0.1) is 29.0 Å². The first-order chi connectivity index (χ1) is 9.12. The highest BCUT2D eigenvalue weighted by Gasteiger charge is 2.18. The van der Waals surface area contributed by atoms with E-state index in [-0.39, 0.29) is 17.9 Å². The third-order valence-corrected chi connectivity index (χ3v) is 3.97. The Labute approximate surface area is 116 Å². The number of likely N-dealkylation sites (N-methyl/N-ethyl adjacent to an activating group) is 1. The van der Waals surface area contributed by atoms with Gasteiger partial charge in [0.15, 0.2) is 0 Å². The van der Waals surface area contributed by atoms with Crippen molar-refractivity contribution in [1.82, 2.24) is 4.31 Å². The van der Waals surface area contributed by atoms with Crippen molar-refractivity contribution in [2.24, 2.45) is 0 Å². The second-order valence-electron chi connectivity index (χ2n) is 4.27. The van der Waals surface area contributed by atoms with Crippen LogP contribution in [0, 0.1) is 17.0 Å². The van der Waals surface area contributed by atoms with Gasteiger partial charge in [0.25, 0.3) is 5.69 Å². The molecule has 0 radical (unpaired) electrons. The van der Waals surface area contributed by atoms with Crippen molar-refractivity contribution >= 4 is 27.3 Å². The molecule has 8 nitrogen and oxygen atoms in total. The fourth-order valence-corrected chi connectivity index (χ4v) is 1.82. The van der Waals surface area contributed by atoms with E-state index in [0.717, 1.165) is 10.6 Å². The van der Waals surface area contributed by atoms with Crippen LogP contribution in [0.3, 0.4) is 0 Å². The number of rotatable bonds is 5. The van der Waals surface area contributed by atoms with Crippen molar-refractivity contribution in [3.63, 3.8) is 0 Å². The molecular formula is C11H15N3O5S. The normalized spacial score (nSPS) is 11.4. The second-order valence-corrected chi connectivity index (χ2v) is 6.36. The number of anilines is 1.